The van der Waals surface area contributed by atoms with Gasteiger partial charge in [0.25, 0.3) is 5.91 Å². The number of hydrogen-bond donors (Lipinski definition) is 1. The summed E-state index contributed by atoms with van der Waals surface area (Å²) in [5.74, 6) is 0.0467. The molecule has 0 spiro atoms. The lowest BCUT2D eigenvalue weighted by atomic mass is 10.1. The molecule has 0 aromatic carbocycles. The summed E-state index contributed by atoms with van der Waals surface area (Å²) >= 11 is 0. The molecule has 0 saturated carbocycles. The van der Waals surface area contributed by atoms with Crippen molar-refractivity contribution in [3.05, 3.63) is 30.1 Å². The van der Waals surface area contributed by atoms with Gasteiger partial charge in [0.05, 0.1) is 5.56 Å². The van der Waals surface area contributed by atoms with Crippen molar-refractivity contribution in [1.29, 1.82) is 0 Å². The van der Waals surface area contributed by atoms with Crippen molar-refractivity contribution in [3.8, 4) is 0 Å². The van der Waals surface area contributed by atoms with Gasteiger partial charge in [0, 0.05) is 31.5 Å². The van der Waals surface area contributed by atoms with E-state index >= 15 is 0 Å². The molecule has 1 fully saturated rings. The van der Waals surface area contributed by atoms with Crippen LogP contribution in [0.5, 0.6) is 0 Å². The van der Waals surface area contributed by atoms with Crippen molar-refractivity contribution < 1.29 is 4.79 Å². The Labute approximate surface area is 95.5 Å². The maximum absolute atomic E-state index is 12.1. The van der Waals surface area contributed by atoms with Gasteiger partial charge in [-0.1, -0.05) is 6.42 Å². The first-order valence-corrected chi connectivity index (χ1v) is 5.72. The first kappa shape index (κ1) is 11.1. The Morgan fingerprint density at radius 3 is 3.12 bits per heavy atom. The molecule has 86 valence electrons. The maximum atomic E-state index is 12.1. The van der Waals surface area contributed by atoms with Crippen LogP contribution >= 0.6 is 0 Å². The maximum Gasteiger partial charge on any atom is 0.255 e. The molecular formula is C12H17N3O. The summed E-state index contributed by atoms with van der Waals surface area (Å²) in [7, 11) is 0. The van der Waals surface area contributed by atoms with Crippen molar-refractivity contribution in [3.63, 3.8) is 0 Å². The van der Waals surface area contributed by atoms with E-state index in [9.17, 15) is 4.79 Å². The van der Waals surface area contributed by atoms with E-state index in [1.54, 1.807) is 24.5 Å². The van der Waals surface area contributed by atoms with Crippen LogP contribution < -0.4 is 5.73 Å². The monoisotopic (exact) mass is 219 g/mol. The zero-order chi connectivity index (χ0) is 11.4. The van der Waals surface area contributed by atoms with Crippen LogP contribution in [0.25, 0.3) is 0 Å². The number of carbonyl (C=O) groups is 1. The molecule has 16 heavy (non-hydrogen) atoms. The van der Waals surface area contributed by atoms with E-state index in [1.807, 2.05) is 4.90 Å². The SMILES string of the molecule is NC1CCCCN(C(=O)c2cccnc2)C1. The second-order valence-corrected chi connectivity index (χ2v) is 4.25. The summed E-state index contributed by atoms with van der Waals surface area (Å²) in [5.41, 5.74) is 6.58. The van der Waals surface area contributed by atoms with Gasteiger partial charge < -0.3 is 10.6 Å². The molecule has 2 N–H and O–H groups in total. The van der Waals surface area contributed by atoms with Crippen LogP contribution in [0.2, 0.25) is 0 Å². The molecule has 1 aliphatic rings. The third-order valence-corrected chi connectivity index (χ3v) is 2.90. The number of likely N-dealkylation sites (tertiary alicyclic amines) is 1. The molecule has 1 atom stereocenters. The fourth-order valence-electron chi connectivity index (χ4n) is 2.03. The fraction of sp³-hybridized carbons (Fsp3) is 0.500. The summed E-state index contributed by atoms with van der Waals surface area (Å²) in [6.07, 6.45) is 6.44. The highest BCUT2D eigenvalue weighted by atomic mass is 16.2. The van der Waals surface area contributed by atoms with Crippen molar-refractivity contribution in [2.24, 2.45) is 5.73 Å². The Balaban J connectivity index is 2.09. The van der Waals surface area contributed by atoms with Gasteiger partial charge in [-0.3, -0.25) is 9.78 Å². The van der Waals surface area contributed by atoms with E-state index in [0.29, 0.717) is 12.1 Å². The zero-order valence-electron chi connectivity index (χ0n) is 9.30. The number of rotatable bonds is 1. The Hall–Kier alpha value is -1.42. The number of aromatic nitrogens is 1. The summed E-state index contributed by atoms with van der Waals surface area (Å²) in [5, 5.41) is 0. The Morgan fingerprint density at radius 2 is 2.38 bits per heavy atom. The van der Waals surface area contributed by atoms with Crippen LogP contribution in [-0.2, 0) is 0 Å². The normalized spacial score (nSPS) is 21.6. The molecule has 2 heterocycles. The number of pyridine rings is 1. The first-order valence-electron chi connectivity index (χ1n) is 5.72. The van der Waals surface area contributed by atoms with Crippen LogP contribution in [0.1, 0.15) is 29.6 Å². The number of nitrogens with zero attached hydrogens (tertiary/aromatic N) is 2. The summed E-state index contributed by atoms with van der Waals surface area (Å²) in [6, 6.07) is 3.69. The Morgan fingerprint density at radius 1 is 1.50 bits per heavy atom. The Bertz CT molecular complexity index is 353. The zero-order valence-corrected chi connectivity index (χ0v) is 9.30. The molecule has 4 nitrogen and oxygen atoms in total. The van der Waals surface area contributed by atoms with Crippen LogP contribution in [0.4, 0.5) is 0 Å². The summed E-state index contributed by atoms with van der Waals surface area (Å²) in [6.45, 7) is 1.47. The van der Waals surface area contributed by atoms with E-state index < -0.39 is 0 Å². The van der Waals surface area contributed by atoms with Crippen LogP contribution in [0.15, 0.2) is 24.5 Å². The molecule has 1 amide bonds. The molecule has 1 unspecified atom stereocenters. The van der Waals surface area contributed by atoms with E-state index in [2.05, 4.69) is 4.98 Å². The third kappa shape index (κ3) is 2.58. The van der Waals surface area contributed by atoms with Gasteiger partial charge in [0.1, 0.15) is 0 Å². The number of carbonyl (C=O) groups excluding carboxylic acids is 1. The second kappa shape index (κ2) is 5.07. The van der Waals surface area contributed by atoms with Gasteiger partial charge in [0.2, 0.25) is 0 Å². The molecule has 0 bridgehead atoms. The van der Waals surface area contributed by atoms with Gasteiger partial charge >= 0.3 is 0 Å². The molecule has 0 radical (unpaired) electrons. The second-order valence-electron chi connectivity index (χ2n) is 4.25. The molecule has 0 aliphatic carbocycles. The molecule has 1 saturated heterocycles. The smallest absolute Gasteiger partial charge is 0.255 e. The summed E-state index contributed by atoms with van der Waals surface area (Å²) < 4.78 is 0. The lowest BCUT2D eigenvalue weighted by Crippen LogP contribution is -2.39. The summed E-state index contributed by atoms with van der Waals surface area (Å²) in [4.78, 5) is 17.9. The molecule has 1 aliphatic heterocycles. The average molecular weight is 219 g/mol. The average Bonchev–Trinajstić information content (AvgIpc) is 2.54. The topological polar surface area (TPSA) is 59.2 Å². The predicted octanol–water partition coefficient (Wildman–Crippen LogP) is 1.03. The van der Waals surface area contributed by atoms with E-state index in [-0.39, 0.29) is 11.9 Å². The van der Waals surface area contributed by atoms with Crippen LogP contribution in [0, 0.1) is 0 Å². The van der Waals surface area contributed by atoms with Crippen molar-refractivity contribution in [2.45, 2.75) is 25.3 Å². The van der Waals surface area contributed by atoms with Crippen LogP contribution in [-0.4, -0.2) is 34.9 Å². The molecule has 2 rings (SSSR count). The van der Waals surface area contributed by atoms with E-state index in [0.717, 1.165) is 25.8 Å². The minimum absolute atomic E-state index is 0.0467. The molecule has 1 aromatic rings. The molecular weight excluding hydrogens is 202 g/mol. The third-order valence-electron chi connectivity index (χ3n) is 2.90. The van der Waals surface area contributed by atoms with E-state index in [4.69, 9.17) is 5.73 Å². The Kier molecular flexibility index (Phi) is 3.51. The predicted molar refractivity (Wildman–Crippen MR) is 62.0 cm³/mol. The minimum Gasteiger partial charge on any atom is -0.337 e. The van der Waals surface area contributed by atoms with Crippen molar-refractivity contribution in [1.82, 2.24) is 9.88 Å². The van der Waals surface area contributed by atoms with Gasteiger partial charge in [-0.05, 0) is 25.0 Å². The van der Waals surface area contributed by atoms with E-state index in [1.165, 1.54) is 0 Å². The number of nitrogens with two attached hydrogens (primary N) is 1. The van der Waals surface area contributed by atoms with Gasteiger partial charge in [-0.25, -0.2) is 0 Å². The number of hydrogen-bond acceptors (Lipinski definition) is 3. The lowest BCUT2D eigenvalue weighted by molar-refractivity contribution is 0.0754. The van der Waals surface area contributed by atoms with Crippen molar-refractivity contribution >= 4 is 5.91 Å². The highest BCUT2D eigenvalue weighted by Crippen LogP contribution is 2.12. The first-order chi connectivity index (χ1) is 7.77. The molecule has 4 heteroatoms. The largest absolute Gasteiger partial charge is 0.337 e. The standard InChI is InChI=1S/C12H17N3O/c13-11-5-1-2-7-15(9-11)12(16)10-4-3-6-14-8-10/h3-4,6,8,11H,1-2,5,7,9,13H2. The minimum atomic E-state index is 0.0467. The quantitative estimate of drug-likeness (QED) is 0.767. The van der Waals surface area contributed by atoms with Gasteiger partial charge in [0.15, 0.2) is 0 Å². The lowest BCUT2D eigenvalue weighted by Gasteiger charge is -2.22. The van der Waals surface area contributed by atoms with Gasteiger partial charge in [-0.2, -0.15) is 0 Å². The number of amides is 1. The van der Waals surface area contributed by atoms with Gasteiger partial charge in [-0.15, -0.1) is 0 Å². The highest BCUT2D eigenvalue weighted by Gasteiger charge is 2.20. The highest BCUT2D eigenvalue weighted by molar-refractivity contribution is 5.93. The van der Waals surface area contributed by atoms with Crippen LogP contribution in [0.3, 0.4) is 0 Å². The fourth-order valence-corrected chi connectivity index (χ4v) is 2.03. The molecule has 1 aromatic heterocycles. The van der Waals surface area contributed by atoms with Crippen molar-refractivity contribution in [2.75, 3.05) is 13.1 Å².